The van der Waals surface area contributed by atoms with Crippen LogP contribution in [0.15, 0.2) is 45.8 Å². The molecule has 0 radical (unpaired) electrons. The van der Waals surface area contributed by atoms with Crippen LogP contribution in [0.3, 0.4) is 0 Å². The quantitative estimate of drug-likeness (QED) is 0.734. The number of anilines is 1. The summed E-state index contributed by atoms with van der Waals surface area (Å²) in [5.74, 6) is -0.100. The molecule has 0 fully saturated rings. The predicted octanol–water partition coefficient (Wildman–Crippen LogP) is 4.87. The first-order valence-corrected chi connectivity index (χ1v) is 8.30. The lowest BCUT2D eigenvalue weighted by Crippen LogP contribution is -2.16. The molecule has 0 unspecified atom stereocenters. The molecule has 2 aromatic rings. The van der Waals surface area contributed by atoms with Crippen LogP contribution < -0.4 is 5.32 Å². The van der Waals surface area contributed by atoms with Crippen LogP contribution in [-0.2, 0) is 12.8 Å². The maximum absolute atomic E-state index is 12.5. The van der Waals surface area contributed by atoms with E-state index in [2.05, 4.69) is 39.9 Å². The van der Waals surface area contributed by atoms with Gasteiger partial charge in [0.15, 0.2) is 0 Å². The van der Waals surface area contributed by atoms with Gasteiger partial charge >= 0.3 is 0 Å². The van der Waals surface area contributed by atoms with E-state index in [1.165, 1.54) is 24.0 Å². The van der Waals surface area contributed by atoms with Crippen molar-refractivity contribution in [3.8, 4) is 0 Å². The van der Waals surface area contributed by atoms with Gasteiger partial charge in [-0.05, 0) is 77.0 Å². The van der Waals surface area contributed by atoms with E-state index in [1.54, 1.807) is 6.07 Å². The number of hydrogen-bond donors (Lipinski definition) is 2. The number of benzene rings is 2. The van der Waals surface area contributed by atoms with E-state index in [0.29, 0.717) is 5.56 Å². The average molecular weight is 362 g/mol. The lowest BCUT2D eigenvalue weighted by molar-refractivity contribution is 0.102. The van der Waals surface area contributed by atoms with Gasteiger partial charge in [-0.2, -0.15) is 0 Å². The second-order valence-electron chi connectivity index (χ2n) is 5.27. The Morgan fingerprint density at radius 1 is 1.14 bits per heavy atom. The highest BCUT2D eigenvalue weighted by Gasteiger charge is 2.16. The Bertz CT molecular complexity index is 699. The summed E-state index contributed by atoms with van der Waals surface area (Å²) in [4.78, 5) is 13.3. The first-order chi connectivity index (χ1) is 10.1. The third-order valence-corrected chi connectivity index (χ3v) is 4.81. The van der Waals surface area contributed by atoms with Gasteiger partial charge in [0.05, 0.1) is 5.56 Å². The van der Waals surface area contributed by atoms with E-state index in [9.17, 15) is 4.79 Å². The number of rotatable bonds is 2. The molecule has 1 N–H and O–H groups in total. The van der Waals surface area contributed by atoms with Crippen molar-refractivity contribution in [3.05, 3.63) is 57.6 Å². The Morgan fingerprint density at radius 3 is 2.81 bits per heavy atom. The number of nitrogens with one attached hydrogen (secondary N) is 1. The molecule has 2 nitrogen and oxygen atoms in total. The molecule has 0 aromatic heterocycles. The molecule has 2 aromatic carbocycles. The number of hydrogen-bond acceptors (Lipinski definition) is 2. The van der Waals surface area contributed by atoms with Gasteiger partial charge < -0.3 is 5.32 Å². The van der Waals surface area contributed by atoms with E-state index in [4.69, 9.17) is 0 Å². The second-order valence-corrected chi connectivity index (χ2v) is 6.64. The summed E-state index contributed by atoms with van der Waals surface area (Å²) < 4.78 is 0.780. The molecular weight excluding hydrogens is 346 g/mol. The zero-order valence-electron chi connectivity index (χ0n) is 11.5. The number of carbonyl (C=O) groups is 1. The molecule has 0 saturated heterocycles. The van der Waals surface area contributed by atoms with Crippen LogP contribution in [0.1, 0.15) is 34.3 Å². The molecule has 0 aliphatic heterocycles. The van der Waals surface area contributed by atoms with Crippen molar-refractivity contribution in [2.75, 3.05) is 5.32 Å². The van der Waals surface area contributed by atoms with Crippen LogP contribution in [0.4, 0.5) is 5.69 Å². The van der Waals surface area contributed by atoms with Crippen molar-refractivity contribution < 1.29 is 4.79 Å². The Labute approximate surface area is 138 Å². The van der Waals surface area contributed by atoms with Crippen molar-refractivity contribution in [2.24, 2.45) is 0 Å². The number of aryl methyl sites for hydroxylation is 1. The molecule has 0 bridgehead atoms. The fourth-order valence-electron chi connectivity index (χ4n) is 2.78. The highest BCUT2D eigenvalue weighted by atomic mass is 79.9. The molecular formula is C17H16BrNOS. The minimum atomic E-state index is -0.100. The SMILES string of the molecule is O=C(Nc1cccc2c1CCCC2)c1cc(S)ccc1Br. The van der Waals surface area contributed by atoms with Crippen molar-refractivity contribution in [3.63, 3.8) is 0 Å². The average Bonchev–Trinajstić information content (AvgIpc) is 2.50. The van der Waals surface area contributed by atoms with Crippen LogP contribution in [0, 0.1) is 0 Å². The lowest BCUT2D eigenvalue weighted by Gasteiger charge is -2.19. The van der Waals surface area contributed by atoms with E-state index >= 15 is 0 Å². The summed E-state index contributed by atoms with van der Waals surface area (Å²) in [5, 5.41) is 3.05. The summed E-state index contributed by atoms with van der Waals surface area (Å²) in [6.45, 7) is 0. The van der Waals surface area contributed by atoms with Crippen LogP contribution in [0.2, 0.25) is 0 Å². The first kappa shape index (κ1) is 14.7. The van der Waals surface area contributed by atoms with Crippen LogP contribution in [0.25, 0.3) is 0 Å². The molecule has 0 heterocycles. The van der Waals surface area contributed by atoms with E-state index in [-0.39, 0.29) is 5.91 Å². The zero-order valence-corrected chi connectivity index (χ0v) is 14.0. The molecule has 1 aliphatic carbocycles. The molecule has 1 amide bonds. The van der Waals surface area contributed by atoms with E-state index in [1.807, 2.05) is 24.3 Å². The standard InChI is InChI=1S/C17H16BrNOS/c18-15-9-8-12(21)10-14(15)17(20)19-16-7-3-5-11-4-1-2-6-13(11)16/h3,5,7-10,21H,1-2,4,6H2,(H,19,20). The number of thiol groups is 1. The maximum Gasteiger partial charge on any atom is 0.256 e. The van der Waals surface area contributed by atoms with Gasteiger partial charge in [0.1, 0.15) is 0 Å². The Hall–Kier alpha value is -1.26. The normalized spacial score (nSPS) is 13.6. The number of carbonyl (C=O) groups excluding carboxylic acids is 1. The van der Waals surface area contributed by atoms with Gasteiger partial charge in [-0.1, -0.05) is 12.1 Å². The monoisotopic (exact) mass is 361 g/mol. The number of fused-ring (bicyclic) bond motifs is 1. The summed E-state index contributed by atoms with van der Waals surface area (Å²) >= 11 is 7.73. The summed E-state index contributed by atoms with van der Waals surface area (Å²) in [7, 11) is 0. The molecule has 1 aliphatic rings. The first-order valence-electron chi connectivity index (χ1n) is 7.06. The summed E-state index contributed by atoms with van der Waals surface area (Å²) in [5.41, 5.74) is 4.20. The van der Waals surface area contributed by atoms with Gasteiger partial charge in [0, 0.05) is 15.1 Å². The fraction of sp³-hybridized carbons (Fsp3) is 0.235. The van der Waals surface area contributed by atoms with Gasteiger partial charge in [0.25, 0.3) is 5.91 Å². The Balaban J connectivity index is 1.90. The fourth-order valence-corrected chi connectivity index (χ4v) is 3.41. The van der Waals surface area contributed by atoms with E-state index < -0.39 is 0 Å². The van der Waals surface area contributed by atoms with Gasteiger partial charge in [0.2, 0.25) is 0 Å². The zero-order chi connectivity index (χ0) is 14.8. The molecule has 0 saturated carbocycles. The smallest absolute Gasteiger partial charge is 0.256 e. The Morgan fingerprint density at radius 2 is 1.95 bits per heavy atom. The molecule has 0 atom stereocenters. The van der Waals surface area contributed by atoms with Gasteiger partial charge in [-0.25, -0.2) is 0 Å². The highest BCUT2D eigenvalue weighted by molar-refractivity contribution is 9.10. The summed E-state index contributed by atoms with van der Waals surface area (Å²) in [6, 6.07) is 11.6. The van der Waals surface area contributed by atoms with E-state index in [0.717, 1.165) is 27.9 Å². The van der Waals surface area contributed by atoms with Gasteiger partial charge in [-0.3, -0.25) is 4.79 Å². The molecule has 3 rings (SSSR count). The minimum Gasteiger partial charge on any atom is -0.322 e. The van der Waals surface area contributed by atoms with Gasteiger partial charge in [-0.15, -0.1) is 12.6 Å². The maximum atomic E-state index is 12.5. The van der Waals surface area contributed by atoms with Crippen LogP contribution in [0.5, 0.6) is 0 Å². The second kappa shape index (κ2) is 6.24. The van der Waals surface area contributed by atoms with Crippen molar-refractivity contribution >= 4 is 40.2 Å². The van der Waals surface area contributed by atoms with Crippen molar-refractivity contribution in [1.29, 1.82) is 0 Å². The molecule has 108 valence electrons. The van der Waals surface area contributed by atoms with Crippen LogP contribution >= 0.6 is 28.6 Å². The van der Waals surface area contributed by atoms with Crippen molar-refractivity contribution in [1.82, 2.24) is 0 Å². The minimum absolute atomic E-state index is 0.100. The van der Waals surface area contributed by atoms with Crippen molar-refractivity contribution in [2.45, 2.75) is 30.6 Å². The topological polar surface area (TPSA) is 29.1 Å². The summed E-state index contributed by atoms with van der Waals surface area (Å²) in [6.07, 6.45) is 4.57. The third kappa shape index (κ3) is 3.16. The highest BCUT2D eigenvalue weighted by Crippen LogP contribution is 2.29. The van der Waals surface area contributed by atoms with Crippen LogP contribution in [-0.4, -0.2) is 5.91 Å². The number of amides is 1. The third-order valence-electron chi connectivity index (χ3n) is 3.84. The largest absolute Gasteiger partial charge is 0.322 e. The molecule has 0 spiro atoms. The predicted molar refractivity (Wildman–Crippen MR) is 92.4 cm³/mol. The molecule has 21 heavy (non-hydrogen) atoms. The Kier molecular flexibility index (Phi) is 4.36. The molecule has 4 heteroatoms. The number of halogens is 1. The lowest BCUT2D eigenvalue weighted by atomic mass is 9.90.